The van der Waals surface area contributed by atoms with Crippen LogP contribution in [0.1, 0.15) is 57.4 Å². The van der Waals surface area contributed by atoms with Gasteiger partial charge in [-0.15, -0.1) is 0 Å². The first-order chi connectivity index (χ1) is 17.3. The Bertz CT molecular complexity index is 1280. The van der Waals surface area contributed by atoms with Crippen LogP contribution in [0.3, 0.4) is 0 Å². The first-order valence-electron chi connectivity index (χ1n) is 12.2. The summed E-state index contributed by atoms with van der Waals surface area (Å²) in [6, 6.07) is 2.58. The van der Waals surface area contributed by atoms with Crippen molar-refractivity contribution in [1.29, 1.82) is 0 Å². The number of aliphatic hydroxyl groups excluding tert-OH is 1. The third-order valence-corrected chi connectivity index (χ3v) is 7.45. The van der Waals surface area contributed by atoms with Gasteiger partial charge in [-0.25, -0.2) is 18.7 Å². The number of halogens is 3. The third kappa shape index (κ3) is 4.94. The van der Waals surface area contributed by atoms with Crippen molar-refractivity contribution in [3.8, 4) is 0 Å². The van der Waals surface area contributed by atoms with Crippen molar-refractivity contribution >= 4 is 46.3 Å². The second kappa shape index (κ2) is 10.1. The van der Waals surface area contributed by atoms with Gasteiger partial charge in [-0.1, -0.05) is 11.6 Å². The Labute approximate surface area is 211 Å². The Hall–Kier alpha value is -3.05. The van der Waals surface area contributed by atoms with Crippen molar-refractivity contribution in [3.63, 3.8) is 0 Å². The van der Waals surface area contributed by atoms with E-state index in [1.807, 2.05) is 4.57 Å². The summed E-state index contributed by atoms with van der Waals surface area (Å²) in [6.45, 7) is 0. The number of hydrogen-bond donors (Lipinski definition) is 4. The minimum Gasteiger partial charge on any atom is -0.393 e. The van der Waals surface area contributed by atoms with Gasteiger partial charge in [0, 0.05) is 18.0 Å². The van der Waals surface area contributed by atoms with Crippen LogP contribution < -0.4 is 16.4 Å². The van der Waals surface area contributed by atoms with Crippen molar-refractivity contribution in [2.75, 3.05) is 10.6 Å². The van der Waals surface area contributed by atoms with Gasteiger partial charge >= 0.3 is 0 Å². The summed E-state index contributed by atoms with van der Waals surface area (Å²) in [5.74, 6) is -2.07. The number of benzene rings is 1. The summed E-state index contributed by atoms with van der Waals surface area (Å²) in [5.41, 5.74) is 6.42. The number of imidazole rings is 1. The molecule has 5 rings (SSSR count). The molecule has 2 aliphatic rings. The van der Waals surface area contributed by atoms with Crippen molar-refractivity contribution in [2.45, 2.75) is 69.6 Å². The fourth-order valence-corrected chi connectivity index (χ4v) is 5.38. The summed E-state index contributed by atoms with van der Waals surface area (Å²) < 4.78 is 30.6. The van der Waals surface area contributed by atoms with Crippen LogP contribution in [0.2, 0.25) is 5.02 Å². The summed E-state index contributed by atoms with van der Waals surface area (Å²) >= 11 is 5.71. The van der Waals surface area contributed by atoms with Gasteiger partial charge in [0.25, 0.3) is 0 Å². The molecule has 3 aromatic rings. The van der Waals surface area contributed by atoms with Gasteiger partial charge < -0.3 is 21.5 Å². The van der Waals surface area contributed by atoms with Gasteiger partial charge in [-0.2, -0.15) is 4.98 Å². The predicted molar refractivity (Wildman–Crippen MR) is 132 cm³/mol. The Morgan fingerprint density at radius 1 is 1.11 bits per heavy atom. The number of nitrogens with one attached hydrogen (secondary N) is 2. The number of rotatable bonds is 6. The molecule has 1 amide bonds. The maximum absolute atomic E-state index is 14.6. The van der Waals surface area contributed by atoms with E-state index in [4.69, 9.17) is 22.3 Å². The highest BCUT2D eigenvalue weighted by Crippen LogP contribution is 2.37. The maximum Gasteiger partial charge on any atom is 0.224 e. The molecule has 2 aliphatic carbocycles. The normalized spacial score (nSPS) is 24.6. The zero-order valence-corrected chi connectivity index (χ0v) is 20.3. The monoisotopic (exact) mass is 519 g/mol. The molecular formula is C24H28ClF2N7O2. The molecule has 2 saturated carbocycles. The number of fused-ring (bicyclic) bond motifs is 1. The van der Waals surface area contributed by atoms with Crippen LogP contribution in [0.25, 0.3) is 11.2 Å². The molecule has 0 bridgehead atoms. The Balaban J connectivity index is 1.51. The number of carbonyl (C=O) groups is 1. The number of carbonyl (C=O) groups excluding carboxylic acids is 1. The summed E-state index contributed by atoms with van der Waals surface area (Å²) in [5, 5.41) is 15.9. The topological polar surface area (TPSA) is 131 Å². The van der Waals surface area contributed by atoms with Crippen LogP contribution in [-0.2, 0) is 4.79 Å². The smallest absolute Gasteiger partial charge is 0.224 e. The molecule has 2 heterocycles. The van der Waals surface area contributed by atoms with Gasteiger partial charge in [0.2, 0.25) is 17.8 Å². The highest BCUT2D eigenvalue weighted by molar-refractivity contribution is 6.30. The number of aromatic nitrogens is 4. The van der Waals surface area contributed by atoms with Crippen LogP contribution in [0.15, 0.2) is 18.3 Å². The van der Waals surface area contributed by atoms with Crippen molar-refractivity contribution in [2.24, 2.45) is 11.7 Å². The van der Waals surface area contributed by atoms with Gasteiger partial charge in [0.05, 0.1) is 23.0 Å². The van der Waals surface area contributed by atoms with E-state index < -0.39 is 11.6 Å². The molecule has 36 heavy (non-hydrogen) atoms. The molecule has 0 spiro atoms. The first kappa shape index (κ1) is 24.6. The molecule has 0 unspecified atom stereocenters. The molecule has 1 aromatic carbocycles. The lowest BCUT2D eigenvalue weighted by Gasteiger charge is -2.29. The first-order valence-corrected chi connectivity index (χ1v) is 12.6. The van der Waals surface area contributed by atoms with Gasteiger partial charge in [0.15, 0.2) is 17.3 Å². The van der Waals surface area contributed by atoms with Gasteiger partial charge in [0.1, 0.15) is 5.52 Å². The molecular weight excluding hydrogens is 492 g/mol. The highest BCUT2D eigenvalue weighted by atomic mass is 35.5. The van der Waals surface area contributed by atoms with E-state index in [1.54, 1.807) is 6.20 Å². The lowest BCUT2D eigenvalue weighted by Crippen LogP contribution is -2.30. The Kier molecular flexibility index (Phi) is 6.94. The second-order valence-corrected chi connectivity index (χ2v) is 10.0. The van der Waals surface area contributed by atoms with E-state index in [0.29, 0.717) is 49.2 Å². The molecule has 2 atom stereocenters. The molecule has 0 radical (unpaired) electrons. The van der Waals surface area contributed by atoms with E-state index >= 15 is 0 Å². The zero-order valence-electron chi connectivity index (χ0n) is 19.6. The third-order valence-electron chi connectivity index (χ3n) is 7.16. The largest absolute Gasteiger partial charge is 0.393 e. The number of nitrogens with zero attached hydrogens (tertiary/aromatic N) is 4. The summed E-state index contributed by atoms with van der Waals surface area (Å²) in [4.78, 5) is 25.4. The SMILES string of the molecule is NC(=O)C1CCC(n2c(Nc3ccc(Cl)c(F)c3F)nc3cnc(N[C@H]4CCC[C@H](O)C4)nc32)CC1. The Morgan fingerprint density at radius 3 is 2.61 bits per heavy atom. The molecule has 2 aromatic heterocycles. The van der Waals surface area contributed by atoms with Crippen molar-refractivity contribution in [3.05, 3.63) is 35.0 Å². The quantitative estimate of drug-likeness (QED) is 0.354. The Morgan fingerprint density at radius 2 is 1.89 bits per heavy atom. The summed E-state index contributed by atoms with van der Waals surface area (Å²) in [7, 11) is 0. The van der Waals surface area contributed by atoms with Crippen molar-refractivity contribution < 1.29 is 18.7 Å². The van der Waals surface area contributed by atoms with Gasteiger partial charge in [-0.3, -0.25) is 9.36 Å². The van der Waals surface area contributed by atoms with Crippen LogP contribution in [0, 0.1) is 17.6 Å². The second-order valence-electron chi connectivity index (χ2n) is 9.63. The molecule has 9 nitrogen and oxygen atoms in total. The average molecular weight is 520 g/mol. The number of hydrogen-bond acceptors (Lipinski definition) is 7. The number of primary amides is 1. The number of amides is 1. The lowest BCUT2D eigenvalue weighted by molar-refractivity contribution is -0.122. The molecule has 12 heteroatoms. The van der Waals surface area contributed by atoms with Gasteiger partial charge in [-0.05, 0) is 63.5 Å². The lowest BCUT2D eigenvalue weighted by atomic mass is 9.85. The number of anilines is 3. The van der Waals surface area contributed by atoms with E-state index in [0.717, 1.165) is 19.3 Å². The average Bonchev–Trinajstić information content (AvgIpc) is 3.21. The highest BCUT2D eigenvalue weighted by Gasteiger charge is 2.30. The molecule has 2 fully saturated rings. The fraction of sp³-hybridized carbons (Fsp3) is 0.500. The molecule has 192 valence electrons. The number of nitrogens with two attached hydrogens (primary N) is 1. The summed E-state index contributed by atoms with van der Waals surface area (Å²) in [6.07, 6.45) is 6.97. The minimum absolute atomic E-state index is 0.0531. The van der Waals surface area contributed by atoms with Crippen LogP contribution in [0.4, 0.5) is 26.4 Å². The standard InChI is InChI=1S/C24H28ClF2N7O2/c25-16-8-9-17(20(27)19(16)26)31-24-32-18-11-29-23(30-13-2-1-3-15(35)10-13)33-22(18)34(24)14-6-4-12(5-7-14)21(28)36/h8-9,11-15,35H,1-7,10H2,(H2,28,36)(H,31,32)(H,29,30,33)/t12?,13-,14?,15-/m0/s1. The van der Waals surface area contributed by atoms with E-state index in [9.17, 15) is 18.7 Å². The number of aliphatic hydroxyl groups is 1. The van der Waals surface area contributed by atoms with E-state index in [1.165, 1.54) is 12.1 Å². The fourth-order valence-electron chi connectivity index (χ4n) is 5.23. The molecule has 0 aliphatic heterocycles. The minimum atomic E-state index is -1.15. The zero-order chi connectivity index (χ0) is 25.4. The van der Waals surface area contributed by atoms with Crippen LogP contribution in [0.5, 0.6) is 0 Å². The van der Waals surface area contributed by atoms with Crippen molar-refractivity contribution in [1.82, 2.24) is 19.5 Å². The predicted octanol–water partition coefficient (Wildman–Crippen LogP) is 4.43. The van der Waals surface area contributed by atoms with E-state index in [-0.39, 0.29) is 46.7 Å². The van der Waals surface area contributed by atoms with Crippen LogP contribution >= 0.6 is 11.6 Å². The maximum atomic E-state index is 14.6. The van der Waals surface area contributed by atoms with Crippen LogP contribution in [-0.4, -0.2) is 42.7 Å². The molecule has 5 N–H and O–H groups in total. The molecule has 0 saturated heterocycles. The van der Waals surface area contributed by atoms with E-state index in [2.05, 4.69) is 20.6 Å².